The first-order chi connectivity index (χ1) is 7.59. The van der Waals surface area contributed by atoms with Crippen LogP contribution < -0.4 is 5.73 Å². The van der Waals surface area contributed by atoms with Gasteiger partial charge in [-0.25, -0.2) is 9.78 Å². The summed E-state index contributed by atoms with van der Waals surface area (Å²) in [4.78, 5) is 14.9. The van der Waals surface area contributed by atoms with Gasteiger partial charge in [-0.2, -0.15) is 0 Å². The lowest BCUT2D eigenvalue weighted by Gasteiger charge is -2.09. The Morgan fingerprint density at radius 2 is 2.25 bits per heavy atom. The molecule has 3 N–H and O–H groups in total. The number of aromatic nitrogens is 2. The summed E-state index contributed by atoms with van der Waals surface area (Å²) in [5.41, 5.74) is 7.17. The Hall–Kier alpha value is -2.30. The SMILES string of the molecule is Cc1nccn1-c1cc(C(=O)O)ccc1N. The number of rotatable bonds is 2. The van der Waals surface area contributed by atoms with E-state index in [9.17, 15) is 4.79 Å². The van der Waals surface area contributed by atoms with Crippen molar-refractivity contribution in [2.45, 2.75) is 6.92 Å². The molecule has 0 fully saturated rings. The van der Waals surface area contributed by atoms with Crippen molar-refractivity contribution in [2.75, 3.05) is 5.73 Å². The molecule has 0 unspecified atom stereocenters. The lowest BCUT2D eigenvalue weighted by molar-refractivity contribution is 0.0697. The molecule has 2 aromatic rings. The minimum Gasteiger partial charge on any atom is -0.478 e. The summed E-state index contributed by atoms with van der Waals surface area (Å²) in [5.74, 6) is -0.215. The van der Waals surface area contributed by atoms with Crippen molar-refractivity contribution in [3.63, 3.8) is 0 Å². The Morgan fingerprint density at radius 3 is 2.81 bits per heavy atom. The molecule has 0 amide bonds. The van der Waals surface area contributed by atoms with E-state index < -0.39 is 5.97 Å². The minimum absolute atomic E-state index is 0.206. The third-order valence-electron chi connectivity index (χ3n) is 2.36. The molecule has 0 saturated heterocycles. The van der Waals surface area contributed by atoms with Crippen LogP contribution in [0, 0.1) is 6.92 Å². The van der Waals surface area contributed by atoms with Crippen LogP contribution in [0.3, 0.4) is 0 Å². The molecular weight excluding hydrogens is 206 g/mol. The highest BCUT2D eigenvalue weighted by Gasteiger charge is 2.09. The molecule has 1 heterocycles. The van der Waals surface area contributed by atoms with Crippen molar-refractivity contribution >= 4 is 11.7 Å². The number of aromatic carboxylic acids is 1. The number of imidazole rings is 1. The third kappa shape index (κ3) is 1.63. The molecule has 0 radical (unpaired) electrons. The van der Waals surface area contributed by atoms with Crippen molar-refractivity contribution in [3.05, 3.63) is 42.0 Å². The fourth-order valence-electron chi connectivity index (χ4n) is 1.52. The van der Waals surface area contributed by atoms with E-state index in [2.05, 4.69) is 4.98 Å². The number of carbonyl (C=O) groups is 1. The van der Waals surface area contributed by atoms with Gasteiger partial charge in [0, 0.05) is 12.4 Å². The van der Waals surface area contributed by atoms with Crippen LogP contribution in [0.1, 0.15) is 16.2 Å². The van der Waals surface area contributed by atoms with Gasteiger partial charge in [-0.15, -0.1) is 0 Å². The monoisotopic (exact) mass is 217 g/mol. The second-order valence-corrected chi connectivity index (χ2v) is 3.42. The maximum atomic E-state index is 10.9. The van der Waals surface area contributed by atoms with Crippen molar-refractivity contribution in [1.29, 1.82) is 0 Å². The van der Waals surface area contributed by atoms with Gasteiger partial charge in [-0.05, 0) is 25.1 Å². The van der Waals surface area contributed by atoms with Crippen molar-refractivity contribution in [2.24, 2.45) is 0 Å². The molecule has 1 aromatic carbocycles. The second kappa shape index (κ2) is 3.69. The van der Waals surface area contributed by atoms with Crippen LogP contribution in [0.2, 0.25) is 0 Å². The quantitative estimate of drug-likeness (QED) is 0.746. The average Bonchev–Trinajstić information content (AvgIpc) is 2.65. The zero-order valence-electron chi connectivity index (χ0n) is 8.71. The number of anilines is 1. The Bertz CT molecular complexity index is 546. The van der Waals surface area contributed by atoms with Gasteiger partial charge in [0.15, 0.2) is 0 Å². The van der Waals surface area contributed by atoms with Crippen LogP contribution in [0.25, 0.3) is 5.69 Å². The number of nitrogens with two attached hydrogens (primary N) is 1. The van der Waals surface area contributed by atoms with Gasteiger partial charge in [0.2, 0.25) is 0 Å². The van der Waals surface area contributed by atoms with Crippen LogP contribution in [0.5, 0.6) is 0 Å². The molecule has 0 aliphatic rings. The third-order valence-corrected chi connectivity index (χ3v) is 2.36. The normalized spacial score (nSPS) is 10.3. The lowest BCUT2D eigenvalue weighted by atomic mass is 10.1. The Labute approximate surface area is 92.2 Å². The standard InChI is InChI=1S/C11H11N3O2/c1-7-13-4-5-14(7)10-6-8(11(15)16)2-3-9(10)12/h2-6H,12H2,1H3,(H,15,16). The molecule has 5 nitrogen and oxygen atoms in total. The Balaban J connectivity index is 2.60. The van der Waals surface area contributed by atoms with E-state index in [0.29, 0.717) is 11.4 Å². The van der Waals surface area contributed by atoms with Crippen LogP contribution >= 0.6 is 0 Å². The number of hydrogen-bond acceptors (Lipinski definition) is 3. The van der Waals surface area contributed by atoms with E-state index in [0.717, 1.165) is 5.82 Å². The molecule has 5 heteroatoms. The predicted octanol–water partition coefficient (Wildman–Crippen LogP) is 1.46. The first-order valence-corrected chi connectivity index (χ1v) is 4.72. The van der Waals surface area contributed by atoms with Gasteiger partial charge in [0.25, 0.3) is 0 Å². The summed E-state index contributed by atoms with van der Waals surface area (Å²) in [6, 6.07) is 4.60. The zero-order valence-corrected chi connectivity index (χ0v) is 8.71. The van der Waals surface area contributed by atoms with Crippen LogP contribution in [-0.4, -0.2) is 20.6 Å². The van der Waals surface area contributed by atoms with E-state index >= 15 is 0 Å². The Kier molecular flexibility index (Phi) is 2.36. The van der Waals surface area contributed by atoms with Crippen molar-refractivity contribution in [3.8, 4) is 5.69 Å². The molecule has 82 valence electrons. The molecule has 0 atom stereocenters. The van der Waals surface area contributed by atoms with E-state index in [1.807, 2.05) is 6.92 Å². The zero-order chi connectivity index (χ0) is 11.7. The largest absolute Gasteiger partial charge is 0.478 e. The van der Waals surface area contributed by atoms with Crippen LogP contribution in [0.15, 0.2) is 30.6 Å². The highest BCUT2D eigenvalue weighted by molar-refractivity contribution is 5.89. The summed E-state index contributed by atoms with van der Waals surface area (Å²) in [7, 11) is 0. The van der Waals surface area contributed by atoms with Gasteiger partial charge in [-0.1, -0.05) is 0 Å². The van der Waals surface area contributed by atoms with Gasteiger partial charge in [0.1, 0.15) is 5.82 Å². The number of carboxylic acids is 1. The smallest absolute Gasteiger partial charge is 0.335 e. The number of nitrogens with zero attached hydrogens (tertiary/aromatic N) is 2. The molecule has 2 rings (SSSR count). The Morgan fingerprint density at radius 1 is 1.50 bits per heavy atom. The predicted molar refractivity (Wildman–Crippen MR) is 59.7 cm³/mol. The maximum absolute atomic E-state index is 10.9. The molecule has 16 heavy (non-hydrogen) atoms. The van der Waals surface area contributed by atoms with Crippen LogP contribution in [-0.2, 0) is 0 Å². The molecule has 0 saturated carbocycles. The van der Waals surface area contributed by atoms with E-state index in [1.54, 1.807) is 23.0 Å². The van der Waals surface area contributed by atoms with E-state index in [1.165, 1.54) is 12.1 Å². The molecule has 0 spiro atoms. The lowest BCUT2D eigenvalue weighted by Crippen LogP contribution is -2.04. The number of carboxylic acid groups (broad SMARTS) is 1. The molecule has 1 aromatic heterocycles. The fraction of sp³-hybridized carbons (Fsp3) is 0.0909. The summed E-state index contributed by atoms with van der Waals surface area (Å²) in [5, 5.41) is 8.90. The van der Waals surface area contributed by atoms with Gasteiger partial charge in [-0.3, -0.25) is 0 Å². The van der Waals surface area contributed by atoms with Crippen LogP contribution in [0.4, 0.5) is 5.69 Å². The summed E-state index contributed by atoms with van der Waals surface area (Å²) in [6.45, 7) is 1.83. The molecule has 0 aliphatic carbocycles. The first kappa shape index (κ1) is 10.2. The van der Waals surface area contributed by atoms with Gasteiger partial charge >= 0.3 is 5.97 Å². The molecular formula is C11H11N3O2. The van der Waals surface area contributed by atoms with Gasteiger partial charge < -0.3 is 15.4 Å². The number of nitrogen functional groups attached to an aromatic ring is 1. The van der Waals surface area contributed by atoms with Gasteiger partial charge in [0.05, 0.1) is 16.9 Å². The highest BCUT2D eigenvalue weighted by Crippen LogP contribution is 2.20. The summed E-state index contributed by atoms with van der Waals surface area (Å²) >= 11 is 0. The summed E-state index contributed by atoms with van der Waals surface area (Å²) < 4.78 is 1.75. The average molecular weight is 217 g/mol. The number of aryl methyl sites for hydroxylation is 1. The minimum atomic E-state index is -0.973. The fourth-order valence-corrected chi connectivity index (χ4v) is 1.52. The second-order valence-electron chi connectivity index (χ2n) is 3.42. The van der Waals surface area contributed by atoms with Crippen molar-refractivity contribution in [1.82, 2.24) is 9.55 Å². The maximum Gasteiger partial charge on any atom is 0.335 e. The molecule has 0 aliphatic heterocycles. The first-order valence-electron chi connectivity index (χ1n) is 4.72. The number of benzene rings is 1. The highest BCUT2D eigenvalue weighted by atomic mass is 16.4. The molecule has 0 bridgehead atoms. The van der Waals surface area contributed by atoms with E-state index in [4.69, 9.17) is 10.8 Å². The van der Waals surface area contributed by atoms with E-state index in [-0.39, 0.29) is 5.56 Å². The summed E-state index contributed by atoms with van der Waals surface area (Å²) in [6.07, 6.45) is 3.38. The van der Waals surface area contributed by atoms with Crippen molar-refractivity contribution < 1.29 is 9.90 Å². The topological polar surface area (TPSA) is 81.1 Å². The number of hydrogen-bond donors (Lipinski definition) is 2.